The van der Waals surface area contributed by atoms with E-state index in [1.54, 1.807) is 0 Å². The molecule has 1 aliphatic heterocycles. The van der Waals surface area contributed by atoms with Gasteiger partial charge in [0.05, 0.1) is 17.1 Å². The maximum Gasteiger partial charge on any atom is 0.223 e. The molecule has 30 heavy (non-hydrogen) atoms. The molecule has 1 amide bonds. The summed E-state index contributed by atoms with van der Waals surface area (Å²) < 4.78 is 2.33. The Morgan fingerprint density at radius 2 is 1.60 bits per heavy atom. The van der Waals surface area contributed by atoms with Crippen molar-refractivity contribution in [3.63, 3.8) is 0 Å². The van der Waals surface area contributed by atoms with Crippen molar-refractivity contribution in [1.29, 1.82) is 0 Å². The summed E-state index contributed by atoms with van der Waals surface area (Å²) in [6.45, 7) is 3.58. The summed E-state index contributed by atoms with van der Waals surface area (Å²) in [6, 6.07) is 29.1. The van der Waals surface area contributed by atoms with E-state index in [1.165, 1.54) is 5.56 Å². The van der Waals surface area contributed by atoms with Crippen molar-refractivity contribution in [2.24, 2.45) is 0 Å². The third-order valence-corrected chi connectivity index (χ3v) is 6.09. The number of benzene rings is 3. The molecule has 2 atom stereocenters. The average molecular weight is 396 g/mol. The molecular weight excluding hydrogens is 370 g/mol. The zero-order chi connectivity index (χ0) is 20.5. The number of amides is 1. The molecule has 1 aromatic heterocycles. The van der Waals surface area contributed by atoms with E-state index in [0.29, 0.717) is 19.5 Å². The third kappa shape index (κ3) is 3.39. The lowest BCUT2D eigenvalue weighted by molar-refractivity contribution is -0.128. The van der Waals surface area contributed by atoms with Crippen LogP contribution in [0.5, 0.6) is 0 Å². The Hall–Kier alpha value is -3.40. The minimum absolute atomic E-state index is 0.0970. The van der Waals surface area contributed by atoms with Crippen molar-refractivity contribution in [2.75, 3.05) is 6.54 Å². The normalized spacial score (nSPS) is 17.6. The highest BCUT2D eigenvalue weighted by Gasteiger charge is 2.34. The Balaban J connectivity index is 1.51. The first-order valence-corrected chi connectivity index (χ1v) is 10.5. The monoisotopic (exact) mass is 395 g/mol. The second kappa shape index (κ2) is 7.79. The molecule has 2 heterocycles. The smallest absolute Gasteiger partial charge is 0.223 e. The van der Waals surface area contributed by atoms with Gasteiger partial charge < -0.3 is 9.47 Å². The Morgan fingerprint density at radius 3 is 2.37 bits per heavy atom. The predicted molar refractivity (Wildman–Crippen MR) is 119 cm³/mol. The number of hydrogen-bond donors (Lipinski definition) is 0. The van der Waals surface area contributed by atoms with Crippen LogP contribution in [0, 0.1) is 0 Å². The van der Waals surface area contributed by atoms with Crippen LogP contribution in [0.15, 0.2) is 84.9 Å². The fourth-order valence-electron chi connectivity index (χ4n) is 4.54. The van der Waals surface area contributed by atoms with Gasteiger partial charge in [0.25, 0.3) is 0 Å². The second-order valence-corrected chi connectivity index (χ2v) is 8.08. The van der Waals surface area contributed by atoms with Crippen molar-refractivity contribution >= 4 is 16.9 Å². The van der Waals surface area contributed by atoms with Crippen LogP contribution in [-0.4, -0.2) is 26.9 Å². The van der Waals surface area contributed by atoms with Crippen molar-refractivity contribution in [3.8, 4) is 0 Å². The summed E-state index contributed by atoms with van der Waals surface area (Å²) in [6.07, 6.45) is 0.512. The van der Waals surface area contributed by atoms with E-state index in [9.17, 15) is 4.79 Å². The van der Waals surface area contributed by atoms with Crippen LogP contribution in [0.4, 0.5) is 0 Å². The Kier molecular flexibility index (Phi) is 4.83. The molecule has 4 nitrogen and oxygen atoms in total. The molecule has 0 N–H and O–H groups in total. The number of aromatic nitrogens is 2. The van der Waals surface area contributed by atoms with Crippen LogP contribution in [-0.2, 0) is 11.3 Å². The van der Waals surface area contributed by atoms with E-state index in [0.717, 1.165) is 22.4 Å². The summed E-state index contributed by atoms with van der Waals surface area (Å²) in [7, 11) is 0. The maximum absolute atomic E-state index is 12.8. The molecule has 0 unspecified atom stereocenters. The molecule has 0 saturated carbocycles. The summed E-state index contributed by atoms with van der Waals surface area (Å²) in [5.41, 5.74) is 4.52. The molecular formula is C26H25N3O. The van der Waals surface area contributed by atoms with Gasteiger partial charge in [-0.1, -0.05) is 72.8 Å². The van der Waals surface area contributed by atoms with Gasteiger partial charge in [0.15, 0.2) is 0 Å². The molecule has 0 spiro atoms. The maximum atomic E-state index is 12.8. The zero-order valence-corrected chi connectivity index (χ0v) is 17.1. The molecule has 1 saturated heterocycles. The number of nitrogens with zero attached hydrogens (tertiary/aromatic N) is 3. The standard InChI is InChI=1S/C26H25N3O/c1-19(21-12-6-3-7-13-21)29-24-15-9-8-14-23(24)27-26(29)22-16-25(30)28(18-22)17-20-10-4-2-5-11-20/h2-15,19,22H,16-18H2,1H3/t19-,22-/m1/s1. The quantitative estimate of drug-likeness (QED) is 0.468. The van der Waals surface area contributed by atoms with E-state index >= 15 is 0 Å². The Labute approximate surface area is 176 Å². The molecule has 1 aliphatic rings. The van der Waals surface area contributed by atoms with Crippen LogP contribution in [0.2, 0.25) is 0 Å². The fraction of sp³-hybridized carbons (Fsp3) is 0.231. The van der Waals surface area contributed by atoms with Crippen LogP contribution < -0.4 is 0 Å². The molecule has 0 bridgehead atoms. The minimum atomic E-state index is 0.0970. The van der Waals surface area contributed by atoms with E-state index < -0.39 is 0 Å². The SMILES string of the molecule is C[C@H](c1ccccc1)n1c([C@@H]2CC(=O)N(Cc3ccccc3)C2)nc2ccccc21. The Bertz CT molecular complexity index is 1170. The number of para-hydroxylation sites is 2. The predicted octanol–water partition coefficient (Wildman–Crippen LogP) is 5.16. The number of carbonyl (C=O) groups excluding carboxylic acids is 1. The van der Waals surface area contributed by atoms with E-state index in [1.807, 2.05) is 35.2 Å². The van der Waals surface area contributed by atoms with E-state index in [4.69, 9.17) is 4.98 Å². The molecule has 150 valence electrons. The van der Waals surface area contributed by atoms with Crippen LogP contribution in [0.25, 0.3) is 11.0 Å². The second-order valence-electron chi connectivity index (χ2n) is 8.08. The number of rotatable bonds is 5. The van der Waals surface area contributed by atoms with Gasteiger partial charge >= 0.3 is 0 Å². The lowest BCUT2D eigenvalue weighted by atomic mass is 10.0. The summed E-state index contributed by atoms with van der Waals surface area (Å²) in [5.74, 6) is 1.31. The number of likely N-dealkylation sites (tertiary alicyclic amines) is 1. The largest absolute Gasteiger partial charge is 0.338 e. The van der Waals surface area contributed by atoms with E-state index in [2.05, 4.69) is 66.1 Å². The van der Waals surface area contributed by atoms with Gasteiger partial charge in [0, 0.05) is 25.4 Å². The van der Waals surface area contributed by atoms with Gasteiger partial charge in [-0.3, -0.25) is 4.79 Å². The third-order valence-electron chi connectivity index (χ3n) is 6.09. The van der Waals surface area contributed by atoms with Crippen molar-refractivity contribution < 1.29 is 4.79 Å². The summed E-state index contributed by atoms with van der Waals surface area (Å²) in [5, 5.41) is 0. The van der Waals surface area contributed by atoms with Crippen LogP contribution >= 0.6 is 0 Å². The van der Waals surface area contributed by atoms with Gasteiger partial charge in [0.2, 0.25) is 5.91 Å². The topological polar surface area (TPSA) is 38.1 Å². The molecule has 0 radical (unpaired) electrons. The van der Waals surface area contributed by atoms with Gasteiger partial charge in [-0.2, -0.15) is 0 Å². The van der Waals surface area contributed by atoms with Gasteiger partial charge in [-0.15, -0.1) is 0 Å². The highest BCUT2D eigenvalue weighted by atomic mass is 16.2. The molecule has 4 aromatic rings. The number of imidazole rings is 1. The number of fused-ring (bicyclic) bond motifs is 1. The molecule has 4 heteroatoms. The van der Waals surface area contributed by atoms with Gasteiger partial charge in [-0.05, 0) is 30.2 Å². The van der Waals surface area contributed by atoms with Crippen molar-refractivity contribution in [2.45, 2.75) is 31.8 Å². The molecule has 3 aromatic carbocycles. The average Bonchev–Trinajstić information content (AvgIpc) is 3.35. The van der Waals surface area contributed by atoms with Gasteiger partial charge in [0.1, 0.15) is 5.82 Å². The highest BCUT2D eigenvalue weighted by molar-refractivity contribution is 5.81. The molecule has 0 aliphatic carbocycles. The first-order valence-electron chi connectivity index (χ1n) is 10.5. The minimum Gasteiger partial charge on any atom is -0.338 e. The zero-order valence-electron chi connectivity index (χ0n) is 17.1. The Morgan fingerprint density at radius 1 is 0.933 bits per heavy atom. The fourth-order valence-corrected chi connectivity index (χ4v) is 4.54. The lowest BCUT2D eigenvalue weighted by Gasteiger charge is -2.21. The molecule has 1 fully saturated rings. The lowest BCUT2D eigenvalue weighted by Crippen LogP contribution is -2.24. The van der Waals surface area contributed by atoms with Gasteiger partial charge in [-0.25, -0.2) is 4.98 Å². The number of hydrogen-bond acceptors (Lipinski definition) is 2. The summed E-state index contributed by atoms with van der Waals surface area (Å²) in [4.78, 5) is 19.8. The van der Waals surface area contributed by atoms with Crippen molar-refractivity contribution in [1.82, 2.24) is 14.5 Å². The van der Waals surface area contributed by atoms with E-state index in [-0.39, 0.29) is 17.9 Å². The number of carbonyl (C=O) groups is 1. The first-order chi connectivity index (χ1) is 14.7. The van der Waals surface area contributed by atoms with Crippen molar-refractivity contribution in [3.05, 3.63) is 102 Å². The van der Waals surface area contributed by atoms with Crippen LogP contribution in [0.1, 0.15) is 42.3 Å². The van der Waals surface area contributed by atoms with Crippen LogP contribution in [0.3, 0.4) is 0 Å². The first kappa shape index (κ1) is 18.6. The highest BCUT2D eigenvalue weighted by Crippen LogP contribution is 2.34. The molecule has 5 rings (SSSR count). The summed E-state index contributed by atoms with van der Waals surface area (Å²) >= 11 is 0.